The summed E-state index contributed by atoms with van der Waals surface area (Å²) in [5.41, 5.74) is 2.69. The van der Waals surface area contributed by atoms with Gasteiger partial charge in [-0.3, -0.25) is 9.20 Å². The molecule has 0 aliphatic heterocycles. The second kappa shape index (κ2) is 5.73. The monoisotopic (exact) mass is 314 g/mol. The first-order chi connectivity index (χ1) is 10.5. The van der Waals surface area contributed by atoms with E-state index in [4.69, 9.17) is 4.74 Å². The Bertz CT molecular complexity index is 911. The zero-order chi connectivity index (χ0) is 15.7. The number of hydrogen-bond donors (Lipinski definition) is 0. The lowest BCUT2D eigenvalue weighted by Crippen LogP contribution is -2.16. The van der Waals surface area contributed by atoms with Crippen molar-refractivity contribution >= 4 is 23.0 Å². The second-order valence-electron chi connectivity index (χ2n) is 5.03. The van der Waals surface area contributed by atoms with Crippen LogP contribution >= 0.6 is 11.3 Å². The molecule has 0 bridgehead atoms. The number of rotatable bonds is 3. The van der Waals surface area contributed by atoms with Crippen molar-refractivity contribution in [2.45, 2.75) is 20.5 Å². The number of fused-ring (bicyclic) bond motifs is 1. The quantitative estimate of drug-likeness (QED) is 0.697. The summed E-state index contributed by atoms with van der Waals surface area (Å²) in [7, 11) is 0. The van der Waals surface area contributed by atoms with E-state index in [9.17, 15) is 9.59 Å². The summed E-state index contributed by atoms with van der Waals surface area (Å²) in [5.74, 6) is -0.390. The molecule has 0 saturated carbocycles. The van der Waals surface area contributed by atoms with Crippen molar-refractivity contribution in [3.8, 4) is 0 Å². The summed E-state index contributed by atoms with van der Waals surface area (Å²) < 4.78 is 6.71. The maximum absolute atomic E-state index is 12.0. The lowest BCUT2D eigenvalue weighted by atomic mass is 10.3. The number of thiophene rings is 1. The molecule has 0 atom stereocenters. The molecular formula is C16H14N2O3S. The molecule has 3 aromatic rings. The fraction of sp³-hybridized carbons (Fsp3) is 0.188. The van der Waals surface area contributed by atoms with Gasteiger partial charge in [0, 0.05) is 12.3 Å². The predicted octanol–water partition coefficient (Wildman–Crippen LogP) is 2.73. The van der Waals surface area contributed by atoms with E-state index in [2.05, 4.69) is 4.98 Å². The number of aryl methyl sites for hydroxylation is 2. The van der Waals surface area contributed by atoms with Crippen LogP contribution in [0.15, 0.2) is 40.6 Å². The summed E-state index contributed by atoms with van der Waals surface area (Å²) >= 11 is 1.34. The maximum Gasteiger partial charge on any atom is 0.348 e. The number of carbonyl (C=O) groups excluding carboxylic acids is 1. The molecule has 0 aromatic carbocycles. The minimum Gasteiger partial charge on any atom is -0.455 e. The molecule has 0 amide bonds. The van der Waals surface area contributed by atoms with Gasteiger partial charge in [-0.25, -0.2) is 9.78 Å². The van der Waals surface area contributed by atoms with Crippen molar-refractivity contribution in [3.63, 3.8) is 0 Å². The van der Waals surface area contributed by atoms with Crippen LogP contribution in [-0.4, -0.2) is 15.4 Å². The Balaban J connectivity index is 1.84. The minimum atomic E-state index is -0.390. The van der Waals surface area contributed by atoms with Crippen LogP contribution in [0.2, 0.25) is 0 Å². The molecule has 0 radical (unpaired) electrons. The van der Waals surface area contributed by atoms with Gasteiger partial charge in [-0.05, 0) is 48.6 Å². The summed E-state index contributed by atoms with van der Waals surface area (Å²) in [6.07, 6.45) is 1.69. The van der Waals surface area contributed by atoms with Gasteiger partial charge in [-0.1, -0.05) is 0 Å². The Morgan fingerprint density at radius 3 is 2.86 bits per heavy atom. The number of pyridine rings is 1. The van der Waals surface area contributed by atoms with Crippen LogP contribution in [-0.2, 0) is 11.3 Å². The fourth-order valence-electron chi connectivity index (χ4n) is 2.11. The van der Waals surface area contributed by atoms with E-state index in [1.807, 2.05) is 37.4 Å². The van der Waals surface area contributed by atoms with E-state index in [0.717, 1.165) is 11.1 Å². The Hall–Kier alpha value is -2.47. The molecule has 0 saturated heterocycles. The normalized spacial score (nSPS) is 10.8. The van der Waals surface area contributed by atoms with E-state index in [0.29, 0.717) is 16.2 Å². The molecule has 22 heavy (non-hydrogen) atoms. The maximum atomic E-state index is 12.0. The van der Waals surface area contributed by atoms with Crippen LogP contribution in [0, 0.1) is 13.8 Å². The van der Waals surface area contributed by atoms with Gasteiger partial charge in [0.1, 0.15) is 17.1 Å². The van der Waals surface area contributed by atoms with Gasteiger partial charge in [0.15, 0.2) is 0 Å². The van der Waals surface area contributed by atoms with Gasteiger partial charge < -0.3 is 4.74 Å². The van der Waals surface area contributed by atoms with Crippen LogP contribution < -0.4 is 5.56 Å². The highest BCUT2D eigenvalue weighted by molar-refractivity contribution is 7.12. The van der Waals surface area contributed by atoms with Crippen molar-refractivity contribution in [2.24, 2.45) is 0 Å². The molecular weight excluding hydrogens is 300 g/mol. The summed E-state index contributed by atoms with van der Waals surface area (Å²) in [5, 5.41) is 1.84. The van der Waals surface area contributed by atoms with Gasteiger partial charge in [0.2, 0.25) is 0 Å². The van der Waals surface area contributed by atoms with E-state index < -0.39 is 5.97 Å². The molecule has 5 nitrogen and oxygen atoms in total. The topological polar surface area (TPSA) is 60.7 Å². The van der Waals surface area contributed by atoms with E-state index in [1.54, 1.807) is 6.20 Å². The molecule has 0 aliphatic rings. The second-order valence-corrected chi connectivity index (χ2v) is 5.94. The van der Waals surface area contributed by atoms with Crippen molar-refractivity contribution in [1.29, 1.82) is 0 Å². The van der Waals surface area contributed by atoms with Crippen molar-refractivity contribution < 1.29 is 9.53 Å². The molecule has 6 heteroatoms. The van der Waals surface area contributed by atoms with Gasteiger partial charge in [0.05, 0.1) is 5.69 Å². The summed E-state index contributed by atoms with van der Waals surface area (Å²) in [6, 6.07) is 6.91. The van der Waals surface area contributed by atoms with Crippen LogP contribution in [0.5, 0.6) is 0 Å². The number of aromatic nitrogens is 2. The number of nitrogens with zero attached hydrogens (tertiary/aromatic N) is 2. The first-order valence-electron chi connectivity index (χ1n) is 6.75. The predicted molar refractivity (Wildman–Crippen MR) is 84.4 cm³/mol. The van der Waals surface area contributed by atoms with Crippen LogP contribution in [0.1, 0.15) is 26.5 Å². The number of carbonyl (C=O) groups is 1. The van der Waals surface area contributed by atoms with Crippen molar-refractivity contribution in [2.75, 3.05) is 0 Å². The van der Waals surface area contributed by atoms with Gasteiger partial charge >= 0.3 is 5.97 Å². The van der Waals surface area contributed by atoms with Crippen molar-refractivity contribution in [3.05, 3.63) is 67.9 Å². The van der Waals surface area contributed by atoms with Gasteiger partial charge in [0.25, 0.3) is 5.56 Å². The van der Waals surface area contributed by atoms with Crippen LogP contribution in [0.4, 0.5) is 0 Å². The molecule has 3 rings (SSSR count). The lowest BCUT2D eigenvalue weighted by Gasteiger charge is -2.06. The van der Waals surface area contributed by atoms with E-state index >= 15 is 0 Å². The zero-order valence-corrected chi connectivity index (χ0v) is 13.0. The van der Waals surface area contributed by atoms with Crippen LogP contribution in [0.3, 0.4) is 0 Å². The molecule has 0 aliphatic carbocycles. The first kappa shape index (κ1) is 14.5. The number of esters is 1. The number of ether oxygens (including phenoxy) is 1. The highest BCUT2D eigenvalue weighted by atomic mass is 32.1. The van der Waals surface area contributed by atoms with E-state index in [1.165, 1.54) is 21.8 Å². The summed E-state index contributed by atoms with van der Waals surface area (Å²) in [4.78, 5) is 28.9. The third kappa shape index (κ3) is 2.78. The Morgan fingerprint density at radius 1 is 1.32 bits per heavy atom. The largest absolute Gasteiger partial charge is 0.455 e. The third-order valence-electron chi connectivity index (χ3n) is 3.27. The van der Waals surface area contributed by atoms with Gasteiger partial charge in [-0.2, -0.15) is 0 Å². The average molecular weight is 314 g/mol. The number of hydrogen-bond acceptors (Lipinski definition) is 5. The average Bonchev–Trinajstić information content (AvgIpc) is 2.90. The Morgan fingerprint density at radius 2 is 2.14 bits per heavy atom. The molecule has 0 fully saturated rings. The van der Waals surface area contributed by atoms with Crippen LogP contribution in [0.25, 0.3) is 5.65 Å². The molecule has 0 N–H and O–H groups in total. The fourth-order valence-corrected chi connectivity index (χ4v) is 2.93. The molecule has 0 spiro atoms. The molecule has 3 heterocycles. The van der Waals surface area contributed by atoms with E-state index in [-0.39, 0.29) is 12.2 Å². The Labute approximate surface area is 130 Å². The van der Waals surface area contributed by atoms with Crippen molar-refractivity contribution in [1.82, 2.24) is 9.38 Å². The summed E-state index contributed by atoms with van der Waals surface area (Å²) in [6.45, 7) is 3.77. The zero-order valence-electron chi connectivity index (χ0n) is 12.2. The highest BCUT2D eigenvalue weighted by Gasteiger charge is 2.13. The SMILES string of the molecule is Cc1ccn2c(=O)cc(COC(=O)c3sccc3C)nc2c1. The molecule has 0 unspecified atom stereocenters. The van der Waals surface area contributed by atoms with Gasteiger partial charge in [-0.15, -0.1) is 11.3 Å². The standard InChI is InChI=1S/C16H14N2O3S/c1-10-3-5-18-13(7-10)17-12(8-14(18)19)9-21-16(20)15-11(2)4-6-22-15/h3-8H,9H2,1-2H3. The third-order valence-corrected chi connectivity index (χ3v) is 4.27. The Kier molecular flexibility index (Phi) is 3.77. The lowest BCUT2D eigenvalue weighted by molar-refractivity contribution is 0.0473. The minimum absolute atomic E-state index is 0.0180. The highest BCUT2D eigenvalue weighted by Crippen LogP contribution is 2.17. The molecule has 3 aromatic heterocycles. The molecule has 112 valence electrons. The first-order valence-corrected chi connectivity index (χ1v) is 7.63. The smallest absolute Gasteiger partial charge is 0.348 e.